The number of hydrogen-bond donors (Lipinski definition) is 1. The normalized spacial score (nSPS) is 17.2. The Morgan fingerprint density at radius 3 is 2.96 bits per heavy atom. The van der Waals surface area contributed by atoms with Crippen LogP contribution in [0, 0.1) is 10.1 Å². The van der Waals surface area contributed by atoms with Crippen molar-refractivity contribution in [2.24, 2.45) is 0 Å². The molecule has 2 heterocycles. The quantitative estimate of drug-likeness (QED) is 0.487. The van der Waals surface area contributed by atoms with E-state index >= 15 is 0 Å². The third kappa shape index (κ3) is 4.75. The highest BCUT2D eigenvalue weighted by atomic mass is 35.5. The molecular weight excluding hydrogens is 332 g/mol. The molecule has 1 unspecified atom stereocenters. The number of non-ortho nitro benzene ring substituents is 1. The molecular formula is C16H21ClN4O3. The fraction of sp³-hybridized carbons (Fsp3) is 0.500. The van der Waals surface area contributed by atoms with Gasteiger partial charge in [0.15, 0.2) is 0 Å². The average Bonchev–Trinajstić information content (AvgIpc) is 2.59. The smallest absolute Gasteiger partial charge is 0.271 e. The first-order chi connectivity index (χ1) is 11.2. The van der Waals surface area contributed by atoms with Gasteiger partial charge in [-0.3, -0.25) is 10.1 Å². The van der Waals surface area contributed by atoms with Crippen LogP contribution in [0.3, 0.4) is 0 Å². The minimum absolute atomic E-state index is 0. The maximum absolute atomic E-state index is 10.7. The molecule has 0 radical (unpaired) electrons. The van der Waals surface area contributed by atoms with Crippen molar-refractivity contribution in [3.05, 3.63) is 34.5 Å². The SMILES string of the molecule is Cl.O=[N+]([O-])c1ccc2nc(OCCCC3CCCCN3)cnc2c1. The zero-order valence-corrected chi connectivity index (χ0v) is 14.1. The van der Waals surface area contributed by atoms with E-state index in [0.29, 0.717) is 29.6 Å². The van der Waals surface area contributed by atoms with Crippen molar-refractivity contribution in [1.29, 1.82) is 0 Å². The molecule has 3 rings (SSSR count). The third-order valence-electron chi connectivity index (χ3n) is 4.07. The van der Waals surface area contributed by atoms with Gasteiger partial charge in [0.05, 0.1) is 28.8 Å². The number of halogens is 1. The monoisotopic (exact) mass is 352 g/mol. The van der Waals surface area contributed by atoms with Crippen LogP contribution in [0.25, 0.3) is 11.0 Å². The maximum atomic E-state index is 10.7. The standard InChI is InChI=1S/C16H20N4O3.ClH/c21-20(22)13-6-7-14-15(10-13)18-11-16(19-14)23-9-3-5-12-4-1-2-8-17-12;/h6-7,10-12,17H,1-5,8-9H2;1H. The van der Waals surface area contributed by atoms with E-state index in [9.17, 15) is 10.1 Å². The Kier molecular flexibility index (Phi) is 6.69. The molecule has 1 aliphatic heterocycles. The van der Waals surface area contributed by atoms with E-state index in [1.54, 1.807) is 6.07 Å². The van der Waals surface area contributed by atoms with Gasteiger partial charge in [0.25, 0.3) is 5.69 Å². The number of benzene rings is 1. The molecule has 24 heavy (non-hydrogen) atoms. The number of fused-ring (bicyclic) bond motifs is 1. The van der Waals surface area contributed by atoms with Crippen LogP contribution in [0.15, 0.2) is 24.4 Å². The molecule has 0 saturated carbocycles. The highest BCUT2D eigenvalue weighted by Gasteiger charge is 2.12. The van der Waals surface area contributed by atoms with Gasteiger partial charge in [-0.05, 0) is 38.3 Å². The number of rotatable bonds is 6. The first-order valence-corrected chi connectivity index (χ1v) is 8.00. The van der Waals surface area contributed by atoms with Gasteiger partial charge in [-0.25, -0.2) is 9.97 Å². The zero-order valence-electron chi connectivity index (χ0n) is 13.3. The molecule has 0 bridgehead atoms. The number of aromatic nitrogens is 2. The van der Waals surface area contributed by atoms with E-state index in [1.807, 2.05) is 0 Å². The summed E-state index contributed by atoms with van der Waals surface area (Å²) in [7, 11) is 0. The maximum Gasteiger partial charge on any atom is 0.271 e. The highest BCUT2D eigenvalue weighted by molar-refractivity contribution is 5.85. The van der Waals surface area contributed by atoms with Gasteiger partial charge in [-0.2, -0.15) is 0 Å². The average molecular weight is 353 g/mol. The van der Waals surface area contributed by atoms with Crippen molar-refractivity contribution in [3.8, 4) is 5.88 Å². The minimum Gasteiger partial charge on any atom is -0.477 e. The summed E-state index contributed by atoms with van der Waals surface area (Å²) < 4.78 is 5.65. The Morgan fingerprint density at radius 1 is 1.33 bits per heavy atom. The molecule has 8 heteroatoms. The summed E-state index contributed by atoms with van der Waals surface area (Å²) in [6.07, 6.45) is 7.42. The van der Waals surface area contributed by atoms with E-state index in [1.165, 1.54) is 37.6 Å². The fourth-order valence-corrected chi connectivity index (χ4v) is 2.84. The van der Waals surface area contributed by atoms with Crippen LogP contribution in [0.1, 0.15) is 32.1 Å². The van der Waals surface area contributed by atoms with Crippen molar-refractivity contribution >= 4 is 29.1 Å². The number of nitro groups is 1. The van der Waals surface area contributed by atoms with E-state index in [4.69, 9.17) is 4.74 Å². The summed E-state index contributed by atoms with van der Waals surface area (Å²) >= 11 is 0. The van der Waals surface area contributed by atoms with Gasteiger partial charge < -0.3 is 10.1 Å². The summed E-state index contributed by atoms with van der Waals surface area (Å²) in [5.74, 6) is 0.461. The summed E-state index contributed by atoms with van der Waals surface area (Å²) in [5.41, 5.74) is 1.11. The second-order valence-corrected chi connectivity index (χ2v) is 5.78. The lowest BCUT2D eigenvalue weighted by Crippen LogP contribution is -2.34. The number of hydrogen-bond acceptors (Lipinski definition) is 6. The Bertz CT molecular complexity index is 692. The van der Waals surface area contributed by atoms with E-state index < -0.39 is 4.92 Å². The number of nitrogens with one attached hydrogen (secondary N) is 1. The van der Waals surface area contributed by atoms with Crippen LogP contribution in [-0.2, 0) is 0 Å². The lowest BCUT2D eigenvalue weighted by Gasteiger charge is -2.23. The first-order valence-electron chi connectivity index (χ1n) is 8.00. The van der Waals surface area contributed by atoms with Crippen molar-refractivity contribution in [1.82, 2.24) is 15.3 Å². The molecule has 1 aromatic heterocycles. The summed E-state index contributed by atoms with van der Waals surface area (Å²) in [6.45, 7) is 1.72. The minimum atomic E-state index is -0.440. The third-order valence-corrected chi connectivity index (χ3v) is 4.07. The Morgan fingerprint density at radius 2 is 2.21 bits per heavy atom. The van der Waals surface area contributed by atoms with Crippen LogP contribution in [0.4, 0.5) is 5.69 Å². The number of nitro benzene ring substituents is 1. The first kappa shape index (κ1) is 18.4. The number of ether oxygens (including phenoxy) is 1. The summed E-state index contributed by atoms with van der Waals surface area (Å²) in [5, 5.41) is 14.3. The van der Waals surface area contributed by atoms with E-state index in [-0.39, 0.29) is 18.1 Å². The largest absolute Gasteiger partial charge is 0.477 e. The molecule has 2 aromatic rings. The lowest BCUT2D eigenvalue weighted by molar-refractivity contribution is -0.384. The van der Waals surface area contributed by atoms with Crippen LogP contribution < -0.4 is 10.1 Å². The molecule has 7 nitrogen and oxygen atoms in total. The van der Waals surface area contributed by atoms with Crippen LogP contribution >= 0.6 is 12.4 Å². The van der Waals surface area contributed by atoms with Gasteiger partial charge in [-0.15, -0.1) is 12.4 Å². The molecule has 1 fully saturated rings. The van der Waals surface area contributed by atoms with Gasteiger partial charge in [0.1, 0.15) is 0 Å². The molecule has 0 spiro atoms. The Balaban J connectivity index is 0.00000208. The van der Waals surface area contributed by atoms with Crippen molar-refractivity contribution in [2.75, 3.05) is 13.2 Å². The van der Waals surface area contributed by atoms with Gasteiger partial charge in [-0.1, -0.05) is 6.42 Å². The molecule has 1 aromatic carbocycles. The Labute approximate surface area is 146 Å². The summed E-state index contributed by atoms with van der Waals surface area (Å²) in [6, 6.07) is 5.05. The van der Waals surface area contributed by atoms with Gasteiger partial charge >= 0.3 is 0 Å². The van der Waals surface area contributed by atoms with Crippen LogP contribution in [0.5, 0.6) is 5.88 Å². The highest BCUT2D eigenvalue weighted by Crippen LogP contribution is 2.20. The predicted molar refractivity (Wildman–Crippen MR) is 93.8 cm³/mol. The fourth-order valence-electron chi connectivity index (χ4n) is 2.84. The molecule has 130 valence electrons. The van der Waals surface area contributed by atoms with Gasteiger partial charge in [0, 0.05) is 18.2 Å². The molecule has 1 saturated heterocycles. The lowest BCUT2D eigenvalue weighted by atomic mass is 10.0. The molecule has 0 amide bonds. The topological polar surface area (TPSA) is 90.2 Å². The Hall–Kier alpha value is -1.99. The predicted octanol–water partition coefficient (Wildman–Crippen LogP) is 3.26. The van der Waals surface area contributed by atoms with E-state index in [0.717, 1.165) is 19.4 Å². The van der Waals surface area contributed by atoms with Crippen LogP contribution in [-0.4, -0.2) is 34.1 Å². The summed E-state index contributed by atoms with van der Waals surface area (Å²) in [4.78, 5) is 18.8. The van der Waals surface area contributed by atoms with Crippen molar-refractivity contribution < 1.29 is 9.66 Å². The zero-order chi connectivity index (χ0) is 16.1. The number of piperidine rings is 1. The van der Waals surface area contributed by atoms with E-state index in [2.05, 4.69) is 15.3 Å². The van der Waals surface area contributed by atoms with Crippen molar-refractivity contribution in [3.63, 3.8) is 0 Å². The number of nitrogens with zero attached hydrogens (tertiary/aromatic N) is 3. The van der Waals surface area contributed by atoms with Gasteiger partial charge in [0.2, 0.25) is 5.88 Å². The molecule has 1 aliphatic rings. The molecule has 1 atom stereocenters. The van der Waals surface area contributed by atoms with Crippen molar-refractivity contribution in [2.45, 2.75) is 38.1 Å². The molecule has 1 N–H and O–H groups in total. The molecule has 0 aliphatic carbocycles. The second kappa shape index (κ2) is 8.75. The second-order valence-electron chi connectivity index (χ2n) is 5.78. The van der Waals surface area contributed by atoms with Crippen LogP contribution in [0.2, 0.25) is 0 Å².